The number of aryl methyl sites for hydroxylation is 1. The van der Waals surface area contributed by atoms with Gasteiger partial charge >= 0.3 is 5.69 Å². The first-order valence-electron chi connectivity index (χ1n) is 8.39. The summed E-state index contributed by atoms with van der Waals surface area (Å²) in [5, 5.41) is 0.546. The minimum absolute atomic E-state index is 0.219. The lowest BCUT2D eigenvalue weighted by Gasteiger charge is -2.23. The SMILES string of the molecule is COc1cc2c(cc1OC)-c1cc(Oc3cccc(Cl)c3)nc(=O)n1CC2. The molecule has 0 N–H and O–H groups in total. The molecule has 27 heavy (non-hydrogen) atoms. The van der Waals surface area contributed by atoms with Crippen LogP contribution in [0.3, 0.4) is 0 Å². The number of benzene rings is 2. The van der Waals surface area contributed by atoms with Crippen LogP contribution in [0.2, 0.25) is 5.02 Å². The zero-order valence-corrected chi connectivity index (χ0v) is 15.6. The monoisotopic (exact) mass is 384 g/mol. The lowest BCUT2D eigenvalue weighted by Crippen LogP contribution is -2.28. The summed E-state index contributed by atoms with van der Waals surface area (Å²) in [6.45, 7) is 0.543. The molecule has 2 heterocycles. The average molecular weight is 385 g/mol. The van der Waals surface area contributed by atoms with Crippen LogP contribution in [-0.2, 0) is 13.0 Å². The quantitative estimate of drug-likeness (QED) is 0.682. The summed E-state index contributed by atoms with van der Waals surface area (Å²) in [5.41, 5.74) is 2.35. The predicted octanol–water partition coefficient (Wildman–Crippen LogP) is 3.93. The summed E-state index contributed by atoms with van der Waals surface area (Å²) in [6, 6.07) is 12.5. The fourth-order valence-electron chi connectivity index (χ4n) is 3.23. The highest BCUT2D eigenvalue weighted by atomic mass is 35.5. The zero-order valence-electron chi connectivity index (χ0n) is 14.9. The van der Waals surface area contributed by atoms with Gasteiger partial charge in [0.15, 0.2) is 11.5 Å². The lowest BCUT2D eigenvalue weighted by atomic mass is 9.97. The van der Waals surface area contributed by atoms with Gasteiger partial charge in [0.1, 0.15) is 5.75 Å². The van der Waals surface area contributed by atoms with E-state index in [0.717, 1.165) is 16.8 Å². The summed E-state index contributed by atoms with van der Waals surface area (Å²) in [6.07, 6.45) is 0.707. The van der Waals surface area contributed by atoms with E-state index in [1.54, 1.807) is 49.1 Å². The summed E-state index contributed by atoms with van der Waals surface area (Å²) in [5.74, 6) is 2.00. The normalized spacial score (nSPS) is 12.1. The lowest BCUT2D eigenvalue weighted by molar-refractivity contribution is 0.354. The van der Waals surface area contributed by atoms with Gasteiger partial charge in [0.2, 0.25) is 5.88 Å². The Morgan fingerprint density at radius 1 is 1.07 bits per heavy atom. The molecule has 1 aliphatic heterocycles. The number of hydrogen-bond acceptors (Lipinski definition) is 5. The number of aromatic nitrogens is 2. The van der Waals surface area contributed by atoms with Crippen LogP contribution in [0.1, 0.15) is 5.56 Å². The van der Waals surface area contributed by atoms with Gasteiger partial charge in [-0.25, -0.2) is 4.79 Å². The highest BCUT2D eigenvalue weighted by Gasteiger charge is 2.22. The van der Waals surface area contributed by atoms with Gasteiger partial charge in [0, 0.05) is 23.2 Å². The molecule has 0 atom stereocenters. The van der Waals surface area contributed by atoms with Gasteiger partial charge < -0.3 is 14.2 Å². The van der Waals surface area contributed by atoms with Gasteiger partial charge in [-0.1, -0.05) is 17.7 Å². The van der Waals surface area contributed by atoms with Crippen LogP contribution in [0.15, 0.2) is 47.3 Å². The fourth-order valence-corrected chi connectivity index (χ4v) is 3.41. The Balaban J connectivity index is 1.82. The van der Waals surface area contributed by atoms with E-state index in [1.807, 2.05) is 12.1 Å². The Bertz CT molecular complexity index is 1080. The molecule has 7 heteroatoms. The molecule has 0 bridgehead atoms. The highest BCUT2D eigenvalue weighted by molar-refractivity contribution is 6.30. The van der Waals surface area contributed by atoms with Crippen LogP contribution in [0.25, 0.3) is 11.3 Å². The van der Waals surface area contributed by atoms with Crippen molar-refractivity contribution in [3.8, 4) is 34.4 Å². The first kappa shape index (κ1) is 17.4. The number of fused-ring (bicyclic) bond motifs is 3. The Hall–Kier alpha value is -2.99. The van der Waals surface area contributed by atoms with Crippen molar-refractivity contribution in [2.24, 2.45) is 0 Å². The third kappa shape index (κ3) is 3.24. The smallest absolute Gasteiger partial charge is 0.351 e. The minimum atomic E-state index is -0.357. The van der Waals surface area contributed by atoms with Gasteiger partial charge in [0.25, 0.3) is 0 Å². The molecule has 4 rings (SSSR count). The van der Waals surface area contributed by atoms with Crippen molar-refractivity contribution in [3.63, 3.8) is 0 Å². The van der Waals surface area contributed by atoms with Crippen LogP contribution in [-0.4, -0.2) is 23.8 Å². The largest absolute Gasteiger partial charge is 0.493 e. The summed E-state index contributed by atoms with van der Waals surface area (Å²) < 4.78 is 18.2. The summed E-state index contributed by atoms with van der Waals surface area (Å²) >= 11 is 5.99. The number of methoxy groups -OCH3 is 2. The van der Waals surface area contributed by atoms with E-state index >= 15 is 0 Å². The summed E-state index contributed by atoms with van der Waals surface area (Å²) in [4.78, 5) is 16.6. The van der Waals surface area contributed by atoms with Crippen molar-refractivity contribution in [1.82, 2.24) is 9.55 Å². The van der Waals surface area contributed by atoms with Gasteiger partial charge in [-0.15, -0.1) is 0 Å². The number of nitrogens with zero attached hydrogens (tertiary/aromatic N) is 2. The molecule has 0 saturated carbocycles. The molecule has 0 saturated heterocycles. The standard InChI is InChI=1S/C20H17ClN2O4/c1-25-17-8-12-6-7-23-16(15(12)10-18(17)26-2)11-19(22-20(23)24)27-14-5-3-4-13(21)9-14/h3-5,8-11H,6-7H2,1-2H3. The van der Waals surface area contributed by atoms with E-state index in [1.165, 1.54) is 0 Å². The Morgan fingerprint density at radius 2 is 1.85 bits per heavy atom. The maximum absolute atomic E-state index is 12.5. The number of rotatable bonds is 4. The Labute approximate surface area is 160 Å². The van der Waals surface area contributed by atoms with E-state index in [0.29, 0.717) is 35.2 Å². The van der Waals surface area contributed by atoms with Gasteiger partial charge in [0.05, 0.1) is 19.9 Å². The van der Waals surface area contributed by atoms with Crippen LogP contribution >= 0.6 is 11.6 Å². The molecule has 0 radical (unpaired) electrons. The second-order valence-corrected chi connectivity index (χ2v) is 6.52. The van der Waals surface area contributed by atoms with E-state index in [9.17, 15) is 4.79 Å². The van der Waals surface area contributed by atoms with E-state index in [2.05, 4.69) is 4.98 Å². The summed E-state index contributed by atoms with van der Waals surface area (Å²) in [7, 11) is 3.19. The van der Waals surface area contributed by atoms with E-state index in [4.69, 9.17) is 25.8 Å². The Morgan fingerprint density at radius 3 is 2.59 bits per heavy atom. The molecule has 6 nitrogen and oxygen atoms in total. The average Bonchev–Trinajstić information content (AvgIpc) is 2.66. The number of halogens is 1. The van der Waals surface area contributed by atoms with Crippen LogP contribution in [0.4, 0.5) is 0 Å². The molecule has 138 valence electrons. The maximum atomic E-state index is 12.5. The topological polar surface area (TPSA) is 62.6 Å². The van der Waals surface area contributed by atoms with Crippen molar-refractivity contribution in [2.75, 3.05) is 14.2 Å². The molecule has 3 aromatic rings. The molecule has 1 aliphatic rings. The minimum Gasteiger partial charge on any atom is -0.493 e. The first-order chi connectivity index (χ1) is 13.1. The number of hydrogen-bond donors (Lipinski definition) is 0. The predicted molar refractivity (Wildman–Crippen MR) is 102 cm³/mol. The van der Waals surface area contributed by atoms with Crippen molar-refractivity contribution < 1.29 is 14.2 Å². The Kier molecular flexibility index (Phi) is 4.49. The number of ether oxygens (including phenoxy) is 3. The molecule has 0 spiro atoms. The van der Waals surface area contributed by atoms with Crippen molar-refractivity contribution >= 4 is 11.6 Å². The second kappa shape index (κ2) is 6.96. The van der Waals surface area contributed by atoms with Crippen molar-refractivity contribution in [3.05, 3.63) is 63.5 Å². The van der Waals surface area contributed by atoms with Crippen LogP contribution in [0.5, 0.6) is 23.1 Å². The highest BCUT2D eigenvalue weighted by Crippen LogP contribution is 2.38. The van der Waals surface area contributed by atoms with Gasteiger partial charge in [-0.2, -0.15) is 4.98 Å². The van der Waals surface area contributed by atoms with Gasteiger partial charge in [-0.3, -0.25) is 4.57 Å². The molecule has 1 aromatic heterocycles. The third-order valence-corrected chi connectivity index (χ3v) is 4.73. The molecule has 0 amide bonds. The molecule has 2 aromatic carbocycles. The maximum Gasteiger partial charge on any atom is 0.351 e. The molecular formula is C20H17ClN2O4. The fraction of sp³-hybridized carbons (Fsp3) is 0.200. The van der Waals surface area contributed by atoms with Crippen molar-refractivity contribution in [2.45, 2.75) is 13.0 Å². The van der Waals surface area contributed by atoms with Crippen molar-refractivity contribution in [1.29, 1.82) is 0 Å². The first-order valence-corrected chi connectivity index (χ1v) is 8.77. The van der Waals surface area contributed by atoms with Gasteiger partial charge in [-0.05, 0) is 42.3 Å². The van der Waals surface area contributed by atoms with Crippen LogP contribution < -0.4 is 19.9 Å². The van der Waals surface area contributed by atoms with Crippen LogP contribution in [0, 0.1) is 0 Å². The zero-order chi connectivity index (χ0) is 19.0. The second-order valence-electron chi connectivity index (χ2n) is 6.09. The molecule has 0 unspecified atom stereocenters. The third-order valence-electron chi connectivity index (χ3n) is 4.50. The van der Waals surface area contributed by atoms with E-state index in [-0.39, 0.29) is 11.6 Å². The molecule has 0 fully saturated rings. The molecular weight excluding hydrogens is 368 g/mol. The van der Waals surface area contributed by atoms with E-state index < -0.39 is 0 Å². The molecule has 0 aliphatic carbocycles.